The molecule has 1 N–H and O–H groups in total. The molecule has 2 atom stereocenters. The smallest absolute Gasteiger partial charge is 0.405 e. The van der Waals surface area contributed by atoms with Gasteiger partial charge in [-0.2, -0.15) is 0 Å². The number of hydrogen-bond acceptors (Lipinski definition) is 4. The summed E-state index contributed by atoms with van der Waals surface area (Å²) < 4.78 is 46.4. The first-order valence-corrected chi connectivity index (χ1v) is 6.20. The van der Waals surface area contributed by atoms with Crippen LogP contribution in [0.5, 0.6) is 5.75 Å². The zero-order valence-electron chi connectivity index (χ0n) is 10.9. The van der Waals surface area contributed by atoms with Crippen LogP contribution in [0.1, 0.15) is 11.7 Å². The minimum absolute atomic E-state index is 0.0742. The van der Waals surface area contributed by atoms with Gasteiger partial charge in [0.05, 0.1) is 6.61 Å². The summed E-state index contributed by atoms with van der Waals surface area (Å²) in [6.45, 7) is 1.60. The highest BCUT2D eigenvalue weighted by atomic mass is 19.4. The van der Waals surface area contributed by atoms with Crippen molar-refractivity contribution in [3.8, 4) is 5.75 Å². The van der Waals surface area contributed by atoms with Gasteiger partial charge < -0.3 is 19.5 Å². The van der Waals surface area contributed by atoms with E-state index in [4.69, 9.17) is 4.74 Å². The predicted molar refractivity (Wildman–Crippen MR) is 65.3 cm³/mol. The number of aliphatic hydroxyl groups excluding tert-OH is 1. The summed E-state index contributed by atoms with van der Waals surface area (Å²) in [5.74, 6) is -0.399. The topological polar surface area (TPSA) is 41.9 Å². The summed E-state index contributed by atoms with van der Waals surface area (Å²) in [5.41, 5.74) is 0.0742. The zero-order valence-corrected chi connectivity index (χ0v) is 10.9. The number of likely N-dealkylation sites (N-methyl/N-ethyl adjacent to an activating group) is 1. The van der Waals surface area contributed by atoms with Crippen molar-refractivity contribution < 1.29 is 27.8 Å². The Kier molecular flexibility index (Phi) is 4.52. The monoisotopic (exact) mass is 291 g/mol. The normalized spacial score (nSPS) is 22.6. The van der Waals surface area contributed by atoms with Crippen LogP contribution in [-0.2, 0) is 4.74 Å². The number of benzene rings is 1. The van der Waals surface area contributed by atoms with Gasteiger partial charge in [-0.15, -0.1) is 13.2 Å². The molecule has 0 bridgehead atoms. The fraction of sp³-hybridized carbons (Fsp3) is 0.538. The van der Waals surface area contributed by atoms with E-state index in [1.165, 1.54) is 18.2 Å². The molecular formula is C13H16F3NO3. The molecule has 0 saturated carbocycles. The van der Waals surface area contributed by atoms with Crippen molar-refractivity contribution in [1.82, 2.24) is 4.90 Å². The van der Waals surface area contributed by atoms with Crippen LogP contribution in [0, 0.1) is 0 Å². The molecule has 20 heavy (non-hydrogen) atoms. The van der Waals surface area contributed by atoms with E-state index in [0.29, 0.717) is 13.2 Å². The van der Waals surface area contributed by atoms with E-state index in [9.17, 15) is 18.3 Å². The lowest BCUT2D eigenvalue weighted by atomic mass is 10.0. The number of ether oxygens (including phenoxy) is 2. The van der Waals surface area contributed by atoms with Gasteiger partial charge in [-0.05, 0) is 13.1 Å². The van der Waals surface area contributed by atoms with E-state index in [-0.39, 0.29) is 5.56 Å². The van der Waals surface area contributed by atoms with E-state index in [1.807, 2.05) is 11.9 Å². The van der Waals surface area contributed by atoms with Gasteiger partial charge in [0.15, 0.2) is 0 Å². The van der Waals surface area contributed by atoms with Crippen LogP contribution in [0.25, 0.3) is 0 Å². The van der Waals surface area contributed by atoms with E-state index in [0.717, 1.165) is 6.54 Å². The van der Waals surface area contributed by atoms with Crippen LogP contribution in [-0.4, -0.2) is 49.2 Å². The fourth-order valence-corrected chi connectivity index (χ4v) is 2.14. The molecular weight excluding hydrogens is 275 g/mol. The molecule has 1 aromatic carbocycles. The highest BCUT2D eigenvalue weighted by molar-refractivity contribution is 5.36. The molecule has 0 spiro atoms. The van der Waals surface area contributed by atoms with E-state index < -0.39 is 24.3 Å². The first-order valence-electron chi connectivity index (χ1n) is 6.20. The minimum Gasteiger partial charge on any atom is -0.405 e. The predicted octanol–water partition coefficient (Wildman–Crippen LogP) is 1.95. The average molecular weight is 291 g/mol. The molecule has 4 nitrogen and oxygen atoms in total. The summed E-state index contributed by atoms with van der Waals surface area (Å²) in [7, 11) is 1.86. The van der Waals surface area contributed by atoms with Crippen molar-refractivity contribution in [2.45, 2.75) is 18.6 Å². The molecule has 7 heteroatoms. The quantitative estimate of drug-likeness (QED) is 0.924. The van der Waals surface area contributed by atoms with Crippen molar-refractivity contribution in [3.63, 3.8) is 0 Å². The van der Waals surface area contributed by atoms with Crippen LogP contribution in [0.3, 0.4) is 0 Å². The maximum Gasteiger partial charge on any atom is 0.573 e. The van der Waals surface area contributed by atoms with Gasteiger partial charge in [0.1, 0.15) is 18.0 Å². The number of para-hydroxylation sites is 1. The largest absolute Gasteiger partial charge is 0.573 e. The van der Waals surface area contributed by atoms with Gasteiger partial charge in [0.2, 0.25) is 0 Å². The van der Waals surface area contributed by atoms with Crippen molar-refractivity contribution >= 4 is 0 Å². The van der Waals surface area contributed by atoms with Crippen LogP contribution < -0.4 is 4.74 Å². The molecule has 1 saturated heterocycles. The van der Waals surface area contributed by atoms with Gasteiger partial charge in [-0.1, -0.05) is 18.2 Å². The molecule has 0 radical (unpaired) electrons. The minimum atomic E-state index is -4.79. The molecule has 1 heterocycles. The fourth-order valence-electron chi connectivity index (χ4n) is 2.14. The molecule has 0 aromatic heterocycles. The van der Waals surface area contributed by atoms with E-state index >= 15 is 0 Å². The Bertz CT molecular complexity index is 453. The number of morpholine rings is 1. The molecule has 1 fully saturated rings. The average Bonchev–Trinajstić information content (AvgIpc) is 2.37. The van der Waals surface area contributed by atoms with Crippen molar-refractivity contribution in [2.24, 2.45) is 0 Å². The number of halogens is 3. The lowest BCUT2D eigenvalue weighted by molar-refractivity contribution is -0.275. The Labute approximate surface area is 114 Å². The Balaban J connectivity index is 2.18. The second kappa shape index (κ2) is 5.99. The Morgan fingerprint density at radius 1 is 1.40 bits per heavy atom. The Hall–Kier alpha value is -1.31. The summed E-state index contributed by atoms with van der Waals surface area (Å²) in [6.07, 6.45) is -6.54. The van der Waals surface area contributed by atoms with E-state index in [1.54, 1.807) is 6.07 Å². The second-order valence-corrected chi connectivity index (χ2v) is 4.70. The summed E-state index contributed by atoms with van der Waals surface area (Å²) in [5, 5.41) is 10.2. The molecule has 1 aliphatic rings. The highest BCUT2D eigenvalue weighted by Crippen LogP contribution is 2.33. The molecule has 2 unspecified atom stereocenters. The van der Waals surface area contributed by atoms with Crippen LogP contribution in [0.2, 0.25) is 0 Å². The SMILES string of the molecule is CN1CCOC(C(O)c2ccccc2OC(F)(F)F)C1. The molecule has 1 aliphatic heterocycles. The van der Waals surface area contributed by atoms with Gasteiger partial charge in [-0.3, -0.25) is 0 Å². The van der Waals surface area contributed by atoms with Crippen molar-refractivity contribution in [1.29, 1.82) is 0 Å². The van der Waals surface area contributed by atoms with E-state index in [2.05, 4.69) is 4.74 Å². The Morgan fingerprint density at radius 3 is 2.75 bits per heavy atom. The maximum atomic E-state index is 12.3. The number of rotatable bonds is 3. The third kappa shape index (κ3) is 3.84. The van der Waals surface area contributed by atoms with Gasteiger partial charge >= 0.3 is 6.36 Å². The summed E-state index contributed by atoms with van der Waals surface area (Å²) in [6, 6.07) is 5.56. The summed E-state index contributed by atoms with van der Waals surface area (Å²) >= 11 is 0. The standard InChI is InChI=1S/C13H16F3NO3/c1-17-6-7-19-11(8-17)12(18)9-4-2-3-5-10(9)20-13(14,15)16/h2-5,11-12,18H,6-8H2,1H3. The van der Waals surface area contributed by atoms with Gasteiger partial charge in [-0.25, -0.2) is 0 Å². The van der Waals surface area contributed by atoms with Crippen LogP contribution in [0.4, 0.5) is 13.2 Å². The third-order valence-corrected chi connectivity index (χ3v) is 3.11. The number of nitrogens with zero attached hydrogens (tertiary/aromatic N) is 1. The second-order valence-electron chi connectivity index (χ2n) is 4.70. The number of alkyl halides is 3. The Morgan fingerprint density at radius 2 is 2.10 bits per heavy atom. The number of aliphatic hydroxyl groups is 1. The maximum absolute atomic E-state index is 12.3. The molecule has 0 aliphatic carbocycles. The van der Waals surface area contributed by atoms with Gasteiger partial charge in [0.25, 0.3) is 0 Å². The highest BCUT2D eigenvalue weighted by Gasteiger charge is 2.34. The number of hydrogen-bond donors (Lipinski definition) is 1. The van der Waals surface area contributed by atoms with Crippen LogP contribution in [0.15, 0.2) is 24.3 Å². The van der Waals surface area contributed by atoms with Gasteiger partial charge in [0, 0.05) is 18.7 Å². The molecule has 112 valence electrons. The molecule has 0 amide bonds. The zero-order chi connectivity index (χ0) is 14.8. The van der Waals surface area contributed by atoms with Crippen molar-refractivity contribution in [2.75, 3.05) is 26.7 Å². The third-order valence-electron chi connectivity index (χ3n) is 3.11. The lowest BCUT2D eigenvalue weighted by Gasteiger charge is -2.33. The molecule has 1 aromatic rings. The van der Waals surface area contributed by atoms with Crippen LogP contribution >= 0.6 is 0 Å². The van der Waals surface area contributed by atoms with Crippen molar-refractivity contribution in [3.05, 3.63) is 29.8 Å². The molecule has 2 rings (SSSR count). The first-order chi connectivity index (χ1) is 9.37. The lowest BCUT2D eigenvalue weighted by Crippen LogP contribution is -2.43. The first kappa shape index (κ1) is 15.1. The summed E-state index contributed by atoms with van der Waals surface area (Å²) in [4.78, 5) is 1.95.